The minimum Gasteiger partial charge on any atom is -0.461 e. The second-order valence-corrected chi connectivity index (χ2v) is 6.18. The molecule has 0 aliphatic rings. The van der Waals surface area contributed by atoms with Crippen molar-refractivity contribution in [2.45, 2.75) is 12.8 Å². The molecule has 29 heavy (non-hydrogen) atoms. The molecule has 0 saturated heterocycles. The molecule has 2 N–H and O–H groups in total. The van der Waals surface area contributed by atoms with Gasteiger partial charge in [-0.05, 0) is 24.3 Å². The molecule has 0 fully saturated rings. The third kappa shape index (κ3) is 5.25. The van der Waals surface area contributed by atoms with Gasteiger partial charge in [0.1, 0.15) is 11.5 Å². The lowest BCUT2D eigenvalue weighted by Crippen LogP contribution is -2.33. The number of nitrogens with one attached hydrogen (secondary N) is 2. The number of carbonyl (C=O) groups is 2. The first-order valence-electron chi connectivity index (χ1n) is 8.78. The summed E-state index contributed by atoms with van der Waals surface area (Å²) in [5, 5.41) is 4.45. The summed E-state index contributed by atoms with van der Waals surface area (Å²) in [5.74, 6) is -4.42. The van der Waals surface area contributed by atoms with Crippen LogP contribution in [0.25, 0.3) is 11.3 Å². The summed E-state index contributed by atoms with van der Waals surface area (Å²) in [7, 11) is 0. The summed E-state index contributed by atoms with van der Waals surface area (Å²) in [4.78, 5) is 23.7. The molecule has 0 aliphatic carbocycles. The number of rotatable bonds is 7. The highest BCUT2D eigenvalue weighted by atomic mass is 19.2. The highest BCUT2D eigenvalue weighted by molar-refractivity contribution is 5.94. The van der Waals surface area contributed by atoms with Crippen LogP contribution in [0, 0.1) is 17.5 Å². The Morgan fingerprint density at radius 2 is 1.62 bits per heavy atom. The Hall–Kier alpha value is -3.55. The van der Waals surface area contributed by atoms with E-state index in [-0.39, 0.29) is 6.42 Å². The van der Waals surface area contributed by atoms with E-state index in [9.17, 15) is 22.8 Å². The molecule has 0 radical (unpaired) electrons. The molecular weight excluding hydrogens is 385 g/mol. The molecule has 0 saturated carbocycles. The fourth-order valence-electron chi connectivity index (χ4n) is 2.59. The topological polar surface area (TPSA) is 71.3 Å². The van der Waals surface area contributed by atoms with Gasteiger partial charge in [0.05, 0.1) is 12.2 Å². The zero-order chi connectivity index (χ0) is 20.8. The highest BCUT2D eigenvalue weighted by Gasteiger charge is 2.15. The van der Waals surface area contributed by atoms with Crippen molar-refractivity contribution in [3.8, 4) is 11.3 Å². The molecule has 150 valence electrons. The molecular formula is C21H17F3N2O3. The molecule has 0 atom stereocenters. The minimum atomic E-state index is -1.68. The predicted molar refractivity (Wildman–Crippen MR) is 100 cm³/mol. The number of hydrogen-bond acceptors (Lipinski definition) is 3. The second kappa shape index (κ2) is 9.09. The molecule has 1 aromatic heterocycles. The Morgan fingerprint density at radius 3 is 2.38 bits per heavy atom. The van der Waals surface area contributed by atoms with Crippen LogP contribution in [0.15, 0.2) is 59.0 Å². The maximum atomic E-state index is 13.5. The van der Waals surface area contributed by atoms with Gasteiger partial charge in [0.15, 0.2) is 17.5 Å². The zero-order valence-corrected chi connectivity index (χ0v) is 15.2. The summed E-state index contributed by atoms with van der Waals surface area (Å²) >= 11 is 0. The Bertz CT molecular complexity index is 1020. The maximum absolute atomic E-state index is 13.5. The van der Waals surface area contributed by atoms with Crippen molar-refractivity contribution in [2.75, 3.05) is 11.9 Å². The number of furan rings is 1. The number of amides is 2. The van der Waals surface area contributed by atoms with E-state index in [2.05, 4.69) is 10.6 Å². The van der Waals surface area contributed by atoms with Crippen molar-refractivity contribution in [1.29, 1.82) is 0 Å². The van der Waals surface area contributed by atoms with Gasteiger partial charge in [-0.25, -0.2) is 13.2 Å². The average molecular weight is 402 g/mol. The highest BCUT2D eigenvalue weighted by Crippen LogP contribution is 2.22. The van der Waals surface area contributed by atoms with Crippen molar-refractivity contribution < 1.29 is 27.2 Å². The Kier molecular flexibility index (Phi) is 6.33. The van der Waals surface area contributed by atoms with Gasteiger partial charge in [-0.1, -0.05) is 30.3 Å². The van der Waals surface area contributed by atoms with Gasteiger partial charge in [-0.15, -0.1) is 0 Å². The van der Waals surface area contributed by atoms with Crippen molar-refractivity contribution in [1.82, 2.24) is 5.32 Å². The first-order chi connectivity index (χ1) is 13.9. The van der Waals surface area contributed by atoms with Crippen LogP contribution in [-0.4, -0.2) is 18.4 Å². The standard InChI is InChI=1S/C21H17F3N2O3/c22-15-8-9-16(21(24)20(15)23)26-19(28)12-25-18(27)11-7-14-6-10-17(29-14)13-4-2-1-3-5-13/h1-6,8-10H,7,11-12H2,(H,25,27)(H,26,28). The molecule has 2 amide bonds. The van der Waals surface area contributed by atoms with E-state index in [4.69, 9.17) is 4.42 Å². The van der Waals surface area contributed by atoms with E-state index in [1.54, 1.807) is 6.07 Å². The second-order valence-electron chi connectivity index (χ2n) is 6.18. The SMILES string of the molecule is O=C(CCc1ccc(-c2ccccc2)o1)NCC(=O)Nc1ccc(F)c(F)c1F. The summed E-state index contributed by atoms with van der Waals surface area (Å²) in [5.41, 5.74) is 0.413. The van der Waals surface area contributed by atoms with E-state index >= 15 is 0 Å². The molecule has 2 aromatic carbocycles. The van der Waals surface area contributed by atoms with E-state index in [1.807, 2.05) is 36.4 Å². The van der Waals surface area contributed by atoms with E-state index < -0.39 is 41.5 Å². The lowest BCUT2D eigenvalue weighted by molar-refractivity contribution is -0.124. The Balaban J connectivity index is 1.45. The van der Waals surface area contributed by atoms with Crippen molar-refractivity contribution in [3.05, 3.63) is 77.8 Å². The van der Waals surface area contributed by atoms with Crippen LogP contribution in [0.3, 0.4) is 0 Å². The van der Waals surface area contributed by atoms with Gasteiger partial charge < -0.3 is 15.1 Å². The number of hydrogen-bond donors (Lipinski definition) is 2. The molecule has 1 heterocycles. The number of benzene rings is 2. The quantitative estimate of drug-likeness (QED) is 0.586. The van der Waals surface area contributed by atoms with Gasteiger partial charge in [-0.3, -0.25) is 9.59 Å². The lowest BCUT2D eigenvalue weighted by Gasteiger charge is -2.08. The van der Waals surface area contributed by atoms with Gasteiger partial charge in [0, 0.05) is 18.4 Å². The summed E-state index contributed by atoms with van der Waals surface area (Å²) in [6, 6.07) is 14.7. The number of anilines is 1. The number of aryl methyl sites for hydroxylation is 1. The van der Waals surface area contributed by atoms with Crippen LogP contribution in [0.5, 0.6) is 0 Å². The molecule has 3 rings (SSSR count). The summed E-state index contributed by atoms with van der Waals surface area (Å²) in [6.07, 6.45) is 0.409. The van der Waals surface area contributed by atoms with Gasteiger partial charge in [-0.2, -0.15) is 0 Å². The van der Waals surface area contributed by atoms with E-state index in [1.165, 1.54) is 0 Å². The van der Waals surface area contributed by atoms with Crippen LogP contribution in [0.2, 0.25) is 0 Å². The van der Waals surface area contributed by atoms with Crippen LogP contribution in [-0.2, 0) is 16.0 Å². The summed E-state index contributed by atoms with van der Waals surface area (Å²) < 4.78 is 45.2. The Morgan fingerprint density at radius 1 is 0.862 bits per heavy atom. The minimum absolute atomic E-state index is 0.0779. The van der Waals surface area contributed by atoms with Crippen molar-refractivity contribution in [2.24, 2.45) is 0 Å². The zero-order valence-electron chi connectivity index (χ0n) is 15.2. The average Bonchev–Trinajstić information content (AvgIpc) is 3.21. The molecule has 5 nitrogen and oxygen atoms in total. The fourth-order valence-corrected chi connectivity index (χ4v) is 2.59. The Labute approximate surface area is 164 Å². The normalized spacial score (nSPS) is 10.6. The maximum Gasteiger partial charge on any atom is 0.243 e. The molecule has 0 bridgehead atoms. The molecule has 0 spiro atoms. The van der Waals surface area contributed by atoms with Crippen molar-refractivity contribution in [3.63, 3.8) is 0 Å². The molecule has 8 heteroatoms. The third-order valence-electron chi connectivity index (χ3n) is 4.07. The van der Waals surface area contributed by atoms with Gasteiger partial charge in [0.2, 0.25) is 11.8 Å². The van der Waals surface area contributed by atoms with Gasteiger partial charge >= 0.3 is 0 Å². The number of carbonyl (C=O) groups excluding carboxylic acids is 2. The first kappa shape index (κ1) is 20.2. The van der Waals surface area contributed by atoms with E-state index in [0.717, 1.165) is 11.6 Å². The first-order valence-corrected chi connectivity index (χ1v) is 8.78. The largest absolute Gasteiger partial charge is 0.461 e. The molecule has 0 unspecified atom stereocenters. The van der Waals surface area contributed by atoms with Crippen LogP contribution in [0.4, 0.5) is 18.9 Å². The van der Waals surface area contributed by atoms with Crippen molar-refractivity contribution >= 4 is 17.5 Å². The predicted octanol–water partition coefficient (Wildman–Crippen LogP) is 4.05. The van der Waals surface area contributed by atoms with Crippen LogP contribution >= 0.6 is 0 Å². The summed E-state index contributed by atoms with van der Waals surface area (Å²) in [6.45, 7) is -0.440. The fraction of sp³-hybridized carbons (Fsp3) is 0.143. The van der Waals surface area contributed by atoms with E-state index in [0.29, 0.717) is 24.0 Å². The molecule has 0 aliphatic heterocycles. The lowest BCUT2D eigenvalue weighted by atomic mass is 10.2. The molecule has 3 aromatic rings. The van der Waals surface area contributed by atoms with Gasteiger partial charge in [0.25, 0.3) is 0 Å². The monoisotopic (exact) mass is 402 g/mol. The smallest absolute Gasteiger partial charge is 0.243 e. The number of halogens is 3. The van der Waals surface area contributed by atoms with Crippen LogP contribution < -0.4 is 10.6 Å². The van der Waals surface area contributed by atoms with Crippen LogP contribution in [0.1, 0.15) is 12.2 Å². The third-order valence-corrected chi connectivity index (χ3v) is 4.07.